The zero-order chi connectivity index (χ0) is 22.4. The molecule has 0 N–H and O–H groups in total. The molecule has 31 heavy (non-hydrogen) atoms. The van der Waals surface area contributed by atoms with Gasteiger partial charge in [-0.3, -0.25) is 4.79 Å². The molecule has 3 aromatic rings. The highest BCUT2D eigenvalue weighted by molar-refractivity contribution is 9.10. The average Bonchev–Trinajstić information content (AvgIpc) is 2.79. The number of nitrogens with zero attached hydrogens (tertiary/aromatic N) is 1. The van der Waals surface area contributed by atoms with Crippen LogP contribution in [-0.2, 0) is 27.7 Å². The van der Waals surface area contributed by atoms with Crippen LogP contribution in [0, 0.1) is 0 Å². The molecule has 0 unspecified atom stereocenters. The number of carbonyl (C=O) groups excluding carboxylic acids is 1. The van der Waals surface area contributed by atoms with Crippen molar-refractivity contribution in [1.82, 2.24) is 0 Å². The monoisotopic (exact) mass is 501 g/mol. The molecule has 3 aromatic carbocycles. The number of anilines is 1. The van der Waals surface area contributed by atoms with Gasteiger partial charge in [0, 0.05) is 0 Å². The maximum atomic E-state index is 13.3. The minimum Gasteiger partial charge on any atom is -0.483 e. The number of halogens is 1. The quantitative estimate of drug-likeness (QED) is 0.415. The smallest absolute Gasteiger partial charge is 0.278 e. The van der Waals surface area contributed by atoms with E-state index >= 15 is 0 Å². The molecule has 0 spiro atoms. The molecule has 7 heteroatoms. The zero-order valence-electron chi connectivity index (χ0n) is 17.4. The highest BCUT2D eigenvalue weighted by Crippen LogP contribution is 2.28. The molecule has 0 atom stereocenters. The lowest BCUT2D eigenvalue weighted by atomic mass is 10.1. The molecule has 0 aliphatic carbocycles. The van der Waals surface area contributed by atoms with Crippen LogP contribution in [0.25, 0.3) is 0 Å². The Morgan fingerprint density at radius 2 is 1.52 bits per heavy atom. The van der Waals surface area contributed by atoms with Crippen molar-refractivity contribution in [3.63, 3.8) is 0 Å². The number of rotatable bonds is 8. The molecular formula is C24H24BrNO4S. The second kappa shape index (κ2) is 10.1. The summed E-state index contributed by atoms with van der Waals surface area (Å²) in [7, 11) is -4.11. The number of ether oxygens (including phenoxy) is 1. The van der Waals surface area contributed by atoms with Gasteiger partial charge in [-0.15, -0.1) is 0 Å². The summed E-state index contributed by atoms with van der Waals surface area (Å²) in [5.41, 5.74) is 2.44. The first kappa shape index (κ1) is 23.0. The zero-order valence-corrected chi connectivity index (χ0v) is 19.8. The van der Waals surface area contributed by atoms with Crippen molar-refractivity contribution < 1.29 is 17.9 Å². The number of benzene rings is 3. The Hall–Kier alpha value is -2.64. The second-order valence-corrected chi connectivity index (χ2v) is 9.54. The number of hydrogen-bond acceptors (Lipinski definition) is 4. The van der Waals surface area contributed by atoms with E-state index in [1.54, 1.807) is 36.4 Å². The van der Waals surface area contributed by atoms with Gasteiger partial charge in [-0.25, -0.2) is 8.42 Å². The van der Waals surface area contributed by atoms with Crippen molar-refractivity contribution in [2.75, 3.05) is 10.9 Å². The fourth-order valence-electron chi connectivity index (χ4n) is 3.06. The molecule has 3 rings (SSSR count). The van der Waals surface area contributed by atoms with Gasteiger partial charge in [-0.2, -0.15) is 4.31 Å². The summed E-state index contributed by atoms with van der Waals surface area (Å²) in [6, 6.07) is 20.4. The second-order valence-electron chi connectivity index (χ2n) is 6.90. The lowest BCUT2D eigenvalue weighted by Gasteiger charge is -2.23. The first-order valence-corrected chi connectivity index (χ1v) is 12.2. The first-order chi connectivity index (χ1) is 14.9. The molecule has 1 amide bonds. The molecule has 0 aliphatic heterocycles. The van der Waals surface area contributed by atoms with Crippen LogP contribution in [0.15, 0.2) is 82.2 Å². The summed E-state index contributed by atoms with van der Waals surface area (Å²) < 4.78 is 33.9. The summed E-state index contributed by atoms with van der Waals surface area (Å²) in [5, 5.41) is 0. The Kier molecular flexibility index (Phi) is 7.51. The van der Waals surface area contributed by atoms with E-state index < -0.39 is 22.5 Å². The van der Waals surface area contributed by atoms with E-state index in [0.29, 0.717) is 10.2 Å². The Morgan fingerprint density at radius 3 is 2.10 bits per heavy atom. The Balaban J connectivity index is 1.93. The highest BCUT2D eigenvalue weighted by Gasteiger charge is 2.31. The predicted molar refractivity (Wildman–Crippen MR) is 126 cm³/mol. The van der Waals surface area contributed by atoms with E-state index in [2.05, 4.69) is 15.9 Å². The van der Waals surface area contributed by atoms with Crippen LogP contribution in [0.4, 0.5) is 5.69 Å². The molecule has 0 saturated carbocycles. The summed E-state index contributed by atoms with van der Waals surface area (Å²) in [5.74, 6) is -0.205. The molecule has 0 heterocycles. The van der Waals surface area contributed by atoms with Gasteiger partial charge in [0.15, 0.2) is 6.61 Å². The number of aryl methyl sites for hydroxylation is 2. The van der Waals surface area contributed by atoms with Gasteiger partial charge in [0.25, 0.3) is 15.9 Å². The number of carbonyl (C=O) groups is 1. The van der Waals surface area contributed by atoms with E-state index in [1.165, 1.54) is 12.1 Å². The van der Waals surface area contributed by atoms with Crippen molar-refractivity contribution in [2.24, 2.45) is 0 Å². The van der Waals surface area contributed by atoms with Crippen LogP contribution in [0.5, 0.6) is 5.75 Å². The van der Waals surface area contributed by atoms with Gasteiger partial charge in [0.1, 0.15) is 5.75 Å². The van der Waals surface area contributed by atoms with Crippen molar-refractivity contribution in [3.05, 3.63) is 88.4 Å². The minimum atomic E-state index is -4.11. The van der Waals surface area contributed by atoms with E-state index in [0.717, 1.165) is 28.3 Å². The third kappa shape index (κ3) is 5.35. The third-order valence-corrected chi connectivity index (χ3v) is 7.23. The maximum absolute atomic E-state index is 13.3. The Morgan fingerprint density at radius 1 is 0.903 bits per heavy atom. The van der Waals surface area contributed by atoms with Crippen LogP contribution in [0.3, 0.4) is 0 Å². The number of amides is 1. The van der Waals surface area contributed by atoms with Crippen LogP contribution < -0.4 is 9.04 Å². The average molecular weight is 502 g/mol. The molecule has 0 bridgehead atoms. The predicted octanol–water partition coefficient (Wildman–Crippen LogP) is 5.37. The minimum absolute atomic E-state index is 0.0383. The summed E-state index contributed by atoms with van der Waals surface area (Å²) in [4.78, 5) is 13.2. The fraction of sp³-hybridized carbons (Fsp3) is 0.208. The van der Waals surface area contributed by atoms with Crippen LogP contribution in [-0.4, -0.2) is 20.9 Å². The molecule has 162 valence electrons. The van der Waals surface area contributed by atoms with Gasteiger partial charge in [0.2, 0.25) is 0 Å². The molecule has 5 nitrogen and oxygen atoms in total. The van der Waals surface area contributed by atoms with Gasteiger partial charge in [0.05, 0.1) is 15.1 Å². The molecule has 0 radical (unpaired) electrons. The van der Waals surface area contributed by atoms with Crippen LogP contribution in [0.1, 0.15) is 25.0 Å². The largest absolute Gasteiger partial charge is 0.483 e. The van der Waals surface area contributed by atoms with Crippen molar-refractivity contribution in [1.29, 1.82) is 0 Å². The molecule has 0 saturated heterocycles. The molecule has 0 fully saturated rings. The molecule has 0 aromatic heterocycles. The third-order valence-electron chi connectivity index (χ3n) is 4.84. The number of hydrogen-bond donors (Lipinski definition) is 0. The summed E-state index contributed by atoms with van der Waals surface area (Å²) in [6.07, 6.45) is 1.68. The Bertz CT molecular complexity index is 1150. The van der Waals surface area contributed by atoms with E-state index in [1.807, 2.05) is 38.1 Å². The van der Waals surface area contributed by atoms with E-state index in [9.17, 15) is 13.2 Å². The van der Waals surface area contributed by atoms with Gasteiger partial charge < -0.3 is 4.74 Å². The fourth-order valence-corrected chi connectivity index (χ4v) is 5.03. The SMILES string of the molecule is CCc1ccc(N(C(=O)COc2ccc(CC)cc2Br)S(=O)(=O)c2ccccc2)cc1. The lowest BCUT2D eigenvalue weighted by Crippen LogP contribution is -2.40. The van der Waals surface area contributed by atoms with Gasteiger partial charge in [-0.05, 0) is 76.3 Å². The van der Waals surface area contributed by atoms with Crippen molar-refractivity contribution >= 4 is 37.5 Å². The van der Waals surface area contributed by atoms with Crippen molar-refractivity contribution in [3.8, 4) is 5.75 Å². The first-order valence-electron chi connectivity index (χ1n) is 10.00. The highest BCUT2D eigenvalue weighted by atomic mass is 79.9. The van der Waals surface area contributed by atoms with Crippen molar-refractivity contribution in [2.45, 2.75) is 31.6 Å². The standard InChI is InChI=1S/C24H24BrNO4S/c1-3-18-10-13-20(14-11-18)26(31(28,29)21-8-6-5-7-9-21)24(27)17-30-23-15-12-19(4-2)16-22(23)25/h5-16H,3-4,17H2,1-2H3. The van der Waals surface area contributed by atoms with Gasteiger partial charge >= 0.3 is 0 Å². The normalized spacial score (nSPS) is 11.2. The lowest BCUT2D eigenvalue weighted by molar-refractivity contribution is -0.119. The summed E-state index contributed by atoms with van der Waals surface area (Å²) >= 11 is 3.44. The number of sulfonamides is 1. The van der Waals surface area contributed by atoms with E-state index in [4.69, 9.17) is 4.74 Å². The maximum Gasteiger partial charge on any atom is 0.278 e. The molecule has 0 aliphatic rings. The van der Waals surface area contributed by atoms with Gasteiger partial charge in [-0.1, -0.05) is 50.2 Å². The summed E-state index contributed by atoms with van der Waals surface area (Å²) in [6.45, 7) is 3.63. The Labute approximate surface area is 191 Å². The topological polar surface area (TPSA) is 63.7 Å². The van der Waals surface area contributed by atoms with Crippen LogP contribution >= 0.6 is 15.9 Å². The molecular weight excluding hydrogens is 478 g/mol. The van der Waals surface area contributed by atoms with E-state index in [-0.39, 0.29) is 10.6 Å². The van der Waals surface area contributed by atoms with Crippen LogP contribution in [0.2, 0.25) is 0 Å².